The van der Waals surface area contributed by atoms with Gasteiger partial charge < -0.3 is 15.6 Å². The Hall–Kier alpha value is -1.95. The third kappa shape index (κ3) is 5.51. The number of esters is 1. The maximum Gasteiger partial charge on any atom is 0.322 e. The molecular weight excluding hydrogens is 277 g/mol. The van der Waals surface area contributed by atoms with Crippen molar-refractivity contribution >= 4 is 11.9 Å². The van der Waals surface area contributed by atoms with Gasteiger partial charge in [-0.3, -0.25) is 9.59 Å². The minimum atomic E-state index is -1.46. The van der Waals surface area contributed by atoms with Crippen molar-refractivity contribution < 1.29 is 23.8 Å². The summed E-state index contributed by atoms with van der Waals surface area (Å²) in [5.41, 5.74) is 5.69. The summed E-state index contributed by atoms with van der Waals surface area (Å²) >= 11 is 0. The molecule has 0 amide bonds. The molecule has 2 atom stereocenters. The molecule has 0 unspecified atom stereocenters. The van der Waals surface area contributed by atoms with Gasteiger partial charge in [-0.15, -0.1) is 0 Å². The topological polar surface area (TPSA) is 89.6 Å². The lowest BCUT2D eigenvalue weighted by molar-refractivity contribution is -0.167. The van der Waals surface area contributed by atoms with Gasteiger partial charge in [0.25, 0.3) is 0 Å². The zero-order valence-corrected chi connectivity index (χ0v) is 12.3. The standard InChI is InChI=1S/C15H20FNO4/c1-15(2,3)21-14(20)12(13(18)19)11(17)8-9-4-6-10(16)7-5-9/h4-7,11-12H,8,17H2,1-3H3,(H,18,19)/t11-,12-/m0/s1. The Balaban J connectivity index is 2.82. The summed E-state index contributed by atoms with van der Waals surface area (Å²) in [6, 6.07) is 4.56. The van der Waals surface area contributed by atoms with Gasteiger partial charge in [-0.1, -0.05) is 12.1 Å². The van der Waals surface area contributed by atoms with Crippen molar-refractivity contribution in [3.63, 3.8) is 0 Å². The minimum Gasteiger partial charge on any atom is -0.481 e. The van der Waals surface area contributed by atoms with E-state index in [4.69, 9.17) is 10.5 Å². The van der Waals surface area contributed by atoms with Crippen molar-refractivity contribution in [2.75, 3.05) is 0 Å². The lowest BCUT2D eigenvalue weighted by Gasteiger charge is -2.25. The lowest BCUT2D eigenvalue weighted by Crippen LogP contribution is -2.45. The van der Waals surface area contributed by atoms with Crippen molar-refractivity contribution in [1.82, 2.24) is 0 Å². The molecule has 0 aromatic heterocycles. The largest absolute Gasteiger partial charge is 0.481 e. The maximum atomic E-state index is 12.8. The quantitative estimate of drug-likeness (QED) is 0.638. The number of hydrogen-bond acceptors (Lipinski definition) is 4. The minimum absolute atomic E-state index is 0.135. The fourth-order valence-corrected chi connectivity index (χ4v) is 1.83. The summed E-state index contributed by atoms with van der Waals surface area (Å²) < 4.78 is 17.9. The zero-order chi connectivity index (χ0) is 16.2. The van der Waals surface area contributed by atoms with Crippen LogP contribution in [-0.4, -0.2) is 28.7 Å². The number of rotatable bonds is 5. The summed E-state index contributed by atoms with van der Waals surface area (Å²) in [5.74, 6) is -4.06. The third-order valence-electron chi connectivity index (χ3n) is 2.74. The molecule has 6 heteroatoms. The number of hydrogen-bond donors (Lipinski definition) is 2. The van der Waals surface area contributed by atoms with Crippen LogP contribution >= 0.6 is 0 Å². The summed E-state index contributed by atoms with van der Waals surface area (Å²) in [6.45, 7) is 4.94. The molecule has 0 heterocycles. The number of halogens is 1. The normalized spacial score (nSPS) is 14.3. The molecule has 1 rings (SSSR count). The second-order valence-corrected chi connectivity index (χ2v) is 5.84. The number of carbonyl (C=O) groups excluding carboxylic acids is 1. The van der Waals surface area contributed by atoms with Gasteiger partial charge in [0.15, 0.2) is 5.92 Å². The van der Waals surface area contributed by atoms with E-state index in [-0.39, 0.29) is 6.42 Å². The van der Waals surface area contributed by atoms with Gasteiger partial charge in [-0.25, -0.2) is 4.39 Å². The summed E-state index contributed by atoms with van der Waals surface area (Å²) in [5, 5.41) is 9.19. The van der Waals surface area contributed by atoms with Crippen LogP contribution in [0.2, 0.25) is 0 Å². The number of carbonyl (C=O) groups is 2. The molecule has 0 radical (unpaired) electrons. The molecule has 116 valence electrons. The highest BCUT2D eigenvalue weighted by Gasteiger charge is 2.36. The molecule has 0 fully saturated rings. The second-order valence-electron chi connectivity index (χ2n) is 5.84. The van der Waals surface area contributed by atoms with Crippen LogP contribution in [0.5, 0.6) is 0 Å². The van der Waals surface area contributed by atoms with E-state index < -0.39 is 35.3 Å². The number of ether oxygens (including phenoxy) is 1. The number of aliphatic carboxylic acids is 1. The molecule has 0 aliphatic rings. The molecule has 0 saturated heterocycles. The Labute approximate surface area is 122 Å². The second kappa shape index (κ2) is 6.67. The predicted octanol–water partition coefficient (Wildman–Crippen LogP) is 1.74. The zero-order valence-electron chi connectivity index (χ0n) is 12.3. The van der Waals surface area contributed by atoms with Crippen LogP contribution in [-0.2, 0) is 20.7 Å². The SMILES string of the molecule is CC(C)(C)OC(=O)[C@H](C(=O)O)[C@@H](N)Cc1ccc(F)cc1. The van der Waals surface area contributed by atoms with E-state index in [2.05, 4.69) is 0 Å². The Kier molecular flexibility index (Phi) is 5.43. The highest BCUT2D eigenvalue weighted by atomic mass is 19.1. The molecule has 0 aliphatic heterocycles. The summed E-state index contributed by atoms with van der Waals surface area (Å²) in [6.07, 6.45) is 0.135. The lowest BCUT2D eigenvalue weighted by atomic mass is 9.94. The highest BCUT2D eigenvalue weighted by molar-refractivity contribution is 5.95. The number of benzene rings is 1. The van der Waals surface area contributed by atoms with E-state index >= 15 is 0 Å². The first-order valence-corrected chi connectivity index (χ1v) is 6.56. The number of nitrogens with two attached hydrogens (primary N) is 1. The fraction of sp³-hybridized carbons (Fsp3) is 0.467. The summed E-state index contributed by atoms with van der Waals surface area (Å²) in [7, 11) is 0. The molecule has 5 nitrogen and oxygen atoms in total. The average molecular weight is 297 g/mol. The molecule has 21 heavy (non-hydrogen) atoms. The van der Waals surface area contributed by atoms with Gasteiger partial charge in [0, 0.05) is 6.04 Å². The van der Waals surface area contributed by atoms with Crippen molar-refractivity contribution in [2.45, 2.75) is 38.8 Å². The van der Waals surface area contributed by atoms with E-state index in [1.165, 1.54) is 24.3 Å². The first kappa shape index (κ1) is 17.1. The van der Waals surface area contributed by atoms with Crippen molar-refractivity contribution in [3.8, 4) is 0 Å². The van der Waals surface area contributed by atoms with Crippen LogP contribution in [0.25, 0.3) is 0 Å². The van der Waals surface area contributed by atoms with Crippen molar-refractivity contribution in [3.05, 3.63) is 35.6 Å². The Morgan fingerprint density at radius 2 is 1.81 bits per heavy atom. The van der Waals surface area contributed by atoms with E-state index in [0.29, 0.717) is 5.56 Å². The van der Waals surface area contributed by atoms with Crippen molar-refractivity contribution in [1.29, 1.82) is 0 Å². The summed E-state index contributed by atoms with van der Waals surface area (Å²) in [4.78, 5) is 23.2. The first-order valence-electron chi connectivity index (χ1n) is 6.56. The Morgan fingerprint density at radius 3 is 2.24 bits per heavy atom. The average Bonchev–Trinajstić information content (AvgIpc) is 2.29. The van der Waals surface area contributed by atoms with E-state index in [0.717, 1.165) is 0 Å². The highest BCUT2D eigenvalue weighted by Crippen LogP contribution is 2.16. The van der Waals surface area contributed by atoms with Gasteiger partial charge in [0.2, 0.25) is 0 Å². The third-order valence-corrected chi connectivity index (χ3v) is 2.74. The molecule has 0 aliphatic carbocycles. The monoisotopic (exact) mass is 297 g/mol. The van der Waals surface area contributed by atoms with Gasteiger partial charge in [-0.05, 0) is 44.9 Å². The van der Waals surface area contributed by atoms with Gasteiger partial charge in [0.1, 0.15) is 11.4 Å². The fourth-order valence-electron chi connectivity index (χ4n) is 1.83. The smallest absolute Gasteiger partial charge is 0.322 e. The van der Waals surface area contributed by atoms with E-state index in [1.807, 2.05) is 0 Å². The molecule has 0 bridgehead atoms. The van der Waals surface area contributed by atoms with Crippen LogP contribution < -0.4 is 5.73 Å². The van der Waals surface area contributed by atoms with Crippen LogP contribution in [0.4, 0.5) is 4.39 Å². The van der Waals surface area contributed by atoms with Gasteiger partial charge in [-0.2, -0.15) is 0 Å². The van der Waals surface area contributed by atoms with Crippen LogP contribution in [0, 0.1) is 11.7 Å². The molecule has 1 aromatic rings. The maximum absolute atomic E-state index is 12.8. The molecule has 1 aromatic carbocycles. The van der Waals surface area contributed by atoms with Crippen molar-refractivity contribution in [2.24, 2.45) is 11.7 Å². The van der Waals surface area contributed by atoms with Crippen LogP contribution in [0.15, 0.2) is 24.3 Å². The van der Waals surface area contributed by atoms with E-state index in [9.17, 15) is 19.1 Å². The van der Waals surface area contributed by atoms with Crippen LogP contribution in [0.1, 0.15) is 26.3 Å². The molecule has 0 saturated carbocycles. The number of carboxylic acid groups (broad SMARTS) is 1. The first-order chi connectivity index (χ1) is 9.60. The number of carboxylic acids is 1. The molecule has 0 spiro atoms. The molecular formula is C15H20FNO4. The molecule has 3 N–H and O–H groups in total. The van der Waals surface area contributed by atoms with Gasteiger partial charge in [0.05, 0.1) is 0 Å². The van der Waals surface area contributed by atoms with E-state index in [1.54, 1.807) is 20.8 Å². The van der Waals surface area contributed by atoms with Crippen LogP contribution in [0.3, 0.4) is 0 Å². The Bertz CT molecular complexity index is 507. The predicted molar refractivity (Wildman–Crippen MR) is 75.1 cm³/mol. The van der Waals surface area contributed by atoms with Gasteiger partial charge >= 0.3 is 11.9 Å². The Morgan fingerprint density at radius 1 is 1.29 bits per heavy atom.